The van der Waals surface area contributed by atoms with Crippen molar-refractivity contribution >= 4 is 11.3 Å². The van der Waals surface area contributed by atoms with E-state index < -0.39 is 5.60 Å². The van der Waals surface area contributed by atoms with Gasteiger partial charge in [-0.1, -0.05) is 12.8 Å². The fourth-order valence-corrected chi connectivity index (χ4v) is 2.87. The molecule has 1 aliphatic carbocycles. The molecule has 0 bridgehead atoms. The summed E-state index contributed by atoms with van der Waals surface area (Å²) in [5.41, 5.74) is 1.16. The highest BCUT2D eigenvalue weighted by molar-refractivity contribution is 7.09. The van der Waals surface area contributed by atoms with Gasteiger partial charge in [0.25, 0.3) is 0 Å². The van der Waals surface area contributed by atoms with E-state index in [4.69, 9.17) is 0 Å². The Morgan fingerprint density at radius 3 is 3.08 bits per heavy atom. The maximum atomic E-state index is 10.1. The molecule has 4 heteroatoms. The van der Waals surface area contributed by atoms with Crippen molar-refractivity contribution in [3.63, 3.8) is 0 Å². The van der Waals surface area contributed by atoms with Crippen LogP contribution in [0.3, 0.4) is 0 Å². The Kier molecular flexibility index (Phi) is 2.34. The van der Waals surface area contributed by atoms with Crippen LogP contribution in [-0.2, 0) is 0 Å². The Balaban J connectivity index is 2.21. The van der Waals surface area contributed by atoms with Crippen LogP contribution in [0.15, 0.2) is 5.51 Å². The normalized spacial score (nSPS) is 34.8. The lowest BCUT2D eigenvalue weighted by molar-refractivity contribution is 0.000407. The first-order valence-electron chi connectivity index (χ1n) is 4.68. The first kappa shape index (κ1) is 9.09. The van der Waals surface area contributed by atoms with E-state index in [1.165, 1.54) is 6.42 Å². The van der Waals surface area contributed by atoms with Crippen LogP contribution in [0.2, 0.25) is 0 Å². The summed E-state index contributed by atoms with van der Waals surface area (Å²) in [7, 11) is 0. The predicted molar refractivity (Wildman–Crippen MR) is 51.7 cm³/mol. The zero-order valence-electron chi connectivity index (χ0n) is 7.73. The van der Waals surface area contributed by atoms with E-state index in [1.807, 2.05) is 6.92 Å². The predicted octanol–water partition coefficient (Wildman–Crippen LogP) is 1.95. The van der Waals surface area contributed by atoms with Gasteiger partial charge in [-0.15, -0.1) is 21.5 Å². The van der Waals surface area contributed by atoms with E-state index in [0.717, 1.165) is 24.3 Å². The second-order valence-corrected chi connectivity index (χ2v) is 4.80. The molecule has 1 aromatic rings. The zero-order valence-corrected chi connectivity index (χ0v) is 8.55. The maximum Gasteiger partial charge on any atom is 0.123 e. The molecule has 1 saturated carbocycles. The summed E-state index contributed by atoms with van der Waals surface area (Å²) in [6.45, 7) is 1.91. The Hall–Kier alpha value is -0.480. The van der Waals surface area contributed by atoms with Gasteiger partial charge in [0.1, 0.15) is 10.5 Å². The molecule has 72 valence electrons. The Labute approximate surface area is 81.8 Å². The highest BCUT2D eigenvalue weighted by atomic mass is 32.1. The Bertz CT molecular complexity index is 271. The van der Waals surface area contributed by atoms with Gasteiger partial charge in [0.15, 0.2) is 0 Å². The third kappa shape index (κ3) is 1.74. The number of aromatic nitrogens is 2. The fourth-order valence-electron chi connectivity index (χ4n) is 2.04. The fraction of sp³-hybridized carbons (Fsp3) is 0.778. The summed E-state index contributed by atoms with van der Waals surface area (Å²) in [5, 5.41) is 19.0. The maximum absolute atomic E-state index is 10.1. The van der Waals surface area contributed by atoms with Crippen molar-refractivity contribution in [3.8, 4) is 0 Å². The summed E-state index contributed by atoms with van der Waals surface area (Å²) in [4.78, 5) is 0. The average Bonchev–Trinajstić information content (AvgIpc) is 2.55. The minimum atomic E-state index is -0.572. The second-order valence-electron chi connectivity index (χ2n) is 3.93. The number of nitrogens with zero attached hydrogens (tertiary/aromatic N) is 2. The van der Waals surface area contributed by atoms with Crippen LogP contribution in [0.4, 0.5) is 0 Å². The van der Waals surface area contributed by atoms with E-state index in [9.17, 15) is 5.11 Å². The van der Waals surface area contributed by atoms with Crippen molar-refractivity contribution in [2.75, 3.05) is 0 Å². The summed E-state index contributed by atoms with van der Waals surface area (Å²) in [6.07, 6.45) is 4.25. The molecule has 1 N–H and O–H groups in total. The van der Waals surface area contributed by atoms with Crippen molar-refractivity contribution in [3.05, 3.63) is 10.5 Å². The molecule has 1 heterocycles. The summed E-state index contributed by atoms with van der Waals surface area (Å²) in [6, 6.07) is 0. The molecule has 0 saturated heterocycles. The number of rotatable bonds is 1. The molecule has 1 aromatic heterocycles. The zero-order chi connectivity index (χ0) is 9.31. The van der Waals surface area contributed by atoms with Crippen molar-refractivity contribution in [2.24, 2.45) is 0 Å². The van der Waals surface area contributed by atoms with Gasteiger partial charge in [0.05, 0.1) is 5.60 Å². The lowest BCUT2D eigenvalue weighted by atomic mass is 9.77. The van der Waals surface area contributed by atoms with E-state index in [2.05, 4.69) is 10.2 Å². The van der Waals surface area contributed by atoms with E-state index in [-0.39, 0.29) is 5.92 Å². The number of aliphatic hydroxyl groups is 1. The second kappa shape index (κ2) is 3.35. The molecule has 0 unspecified atom stereocenters. The first-order valence-corrected chi connectivity index (χ1v) is 5.56. The molecule has 1 fully saturated rings. The average molecular weight is 198 g/mol. The van der Waals surface area contributed by atoms with Crippen LogP contribution in [0.5, 0.6) is 0 Å². The molecule has 0 aromatic carbocycles. The largest absolute Gasteiger partial charge is 0.389 e. The molecule has 3 nitrogen and oxygen atoms in total. The van der Waals surface area contributed by atoms with E-state index in [0.29, 0.717) is 0 Å². The van der Waals surface area contributed by atoms with Gasteiger partial charge in [-0.05, 0) is 19.8 Å². The minimum Gasteiger partial charge on any atom is -0.389 e. The van der Waals surface area contributed by atoms with Crippen LogP contribution in [-0.4, -0.2) is 20.9 Å². The highest BCUT2D eigenvalue weighted by Crippen LogP contribution is 2.40. The summed E-state index contributed by atoms with van der Waals surface area (Å²) >= 11 is 1.55. The first-order chi connectivity index (χ1) is 6.20. The molecule has 0 radical (unpaired) electrons. The molecular formula is C9H14N2OS. The van der Waals surface area contributed by atoms with Gasteiger partial charge in [0, 0.05) is 5.92 Å². The number of hydrogen-bond donors (Lipinski definition) is 1. The molecular weight excluding hydrogens is 184 g/mol. The van der Waals surface area contributed by atoms with Gasteiger partial charge >= 0.3 is 0 Å². The molecule has 0 spiro atoms. The molecule has 13 heavy (non-hydrogen) atoms. The lowest BCUT2D eigenvalue weighted by Gasteiger charge is -2.35. The number of hydrogen-bond acceptors (Lipinski definition) is 4. The quantitative estimate of drug-likeness (QED) is 0.750. The van der Waals surface area contributed by atoms with Crippen LogP contribution in [0.1, 0.15) is 43.5 Å². The molecule has 2 atom stereocenters. The third-order valence-corrected chi connectivity index (χ3v) is 3.66. The molecule has 0 amide bonds. The summed E-state index contributed by atoms with van der Waals surface area (Å²) < 4.78 is 0. The van der Waals surface area contributed by atoms with Crippen LogP contribution in [0.25, 0.3) is 0 Å². The van der Waals surface area contributed by atoms with E-state index >= 15 is 0 Å². The van der Waals surface area contributed by atoms with Gasteiger partial charge in [-0.3, -0.25) is 0 Å². The highest BCUT2D eigenvalue weighted by Gasteiger charge is 2.37. The van der Waals surface area contributed by atoms with Crippen molar-refractivity contribution in [1.29, 1.82) is 0 Å². The standard InChI is InChI=1S/C9H14N2OS/c1-9(12)5-3-2-4-7(9)8-11-10-6-13-8/h6-7,12H,2-5H2,1H3/t7-,9+/m0/s1. The van der Waals surface area contributed by atoms with Gasteiger partial charge in [-0.25, -0.2) is 0 Å². The molecule has 2 rings (SSSR count). The summed E-state index contributed by atoms with van der Waals surface area (Å²) in [5.74, 6) is 0.203. The Morgan fingerprint density at radius 2 is 2.46 bits per heavy atom. The van der Waals surface area contributed by atoms with E-state index in [1.54, 1.807) is 16.8 Å². The molecule has 1 aliphatic rings. The SMILES string of the molecule is C[C@@]1(O)CCCC[C@H]1c1nncs1. The van der Waals surface area contributed by atoms with Crippen LogP contribution < -0.4 is 0 Å². The van der Waals surface area contributed by atoms with Crippen molar-refractivity contribution in [2.45, 2.75) is 44.1 Å². The lowest BCUT2D eigenvalue weighted by Crippen LogP contribution is -2.35. The monoisotopic (exact) mass is 198 g/mol. The van der Waals surface area contributed by atoms with Crippen LogP contribution >= 0.6 is 11.3 Å². The smallest absolute Gasteiger partial charge is 0.123 e. The topological polar surface area (TPSA) is 46.0 Å². The van der Waals surface area contributed by atoms with Crippen molar-refractivity contribution in [1.82, 2.24) is 10.2 Å². The van der Waals surface area contributed by atoms with Crippen molar-refractivity contribution < 1.29 is 5.11 Å². The van der Waals surface area contributed by atoms with Gasteiger partial charge < -0.3 is 5.11 Å². The minimum absolute atomic E-state index is 0.203. The third-order valence-electron chi connectivity index (χ3n) is 2.85. The van der Waals surface area contributed by atoms with Gasteiger partial charge in [-0.2, -0.15) is 0 Å². The van der Waals surface area contributed by atoms with Crippen LogP contribution in [0, 0.1) is 0 Å². The van der Waals surface area contributed by atoms with Gasteiger partial charge in [0.2, 0.25) is 0 Å². The Morgan fingerprint density at radius 1 is 1.62 bits per heavy atom. The molecule has 0 aliphatic heterocycles.